The van der Waals surface area contributed by atoms with Crippen LogP contribution in [0.15, 0.2) is 47.6 Å². The lowest BCUT2D eigenvalue weighted by Crippen LogP contribution is -2.48. The Morgan fingerprint density at radius 1 is 1.18 bits per heavy atom. The molecule has 1 fully saturated rings. The predicted molar refractivity (Wildman–Crippen MR) is 131 cm³/mol. The molecule has 2 aromatic carbocycles. The van der Waals surface area contributed by atoms with E-state index >= 15 is 0 Å². The van der Waals surface area contributed by atoms with Crippen molar-refractivity contribution in [1.29, 1.82) is 0 Å². The van der Waals surface area contributed by atoms with Gasteiger partial charge in [0.2, 0.25) is 0 Å². The number of methoxy groups -OCH3 is 2. The van der Waals surface area contributed by atoms with Crippen molar-refractivity contribution in [1.82, 2.24) is 10.2 Å². The molecule has 4 rings (SSSR count). The summed E-state index contributed by atoms with van der Waals surface area (Å²) >= 11 is 5.46. The highest BCUT2D eigenvalue weighted by Crippen LogP contribution is 2.35. The molecule has 8 nitrogen and oxygen atoms in total. The van der Waals surface area contributed by atoms with Crippen LogP contribution in [0.3, 0.4) is 0 Å². The number of oxime groups is 1. The number of rotatable bonds is 6. The third-order valence-corrected chi connectivity index (χ3v) is 6.44. The van der Waals surface area contributed by atoms with Crippen LogP contribution in [0, 0.1) is 5.82 Å². The number of piperidine rings is 1. The van der Waals surface area contributed by atoms with Crippen LogP contribution in [0.4, 0.5) is 10.1 Å². The average Bonchev–Trinajstić information content (AvgIpc) is 3.27. The van der Waals surface area contributed by atoms with E-state index in [1.54, 1.807) is 38.5 Å². The second kappa shape index (κ2) is 10.3. The molecule has 1 spiro atoms. The molecule has 0 unspecified atom stereocenters. The zero-order valence-corrected chi connectivity index (χ0v) is 19.9. The summed E-state index contributed by atoms with van der Waals surface area (Å²) in [5.41, 5.74) is 1.09. The van der Waals surface area contributed by atoms with Gasteiger partial charge in [-0.3, -0.25) is 4.79 Å². The van der Waals surface area contributed by atoms with Crippen LogP contribution < -0.4 is 20.1 Å². The Morgan fingerprint density at radius 3 is 2.62 bits per heavy atom. The highest BCUT2D eigenvalue weighted by atomic mass is 32.1. The molecule has 1 saturated heterocycles. The third-order valence-electron chi connectivity index (χ3n) is 6.08. The van der Waals surface area contributed by atoms with E-state index in [1.807, 2.05) is 17.0 Å². The molecule has 0 atom stereocenters. The van der Waals surface area contributed by atoms with Crippen LogP contribution in [0.25, 0.3) is 0 Å². The van der Waals surface area contributed by atoms with E-state index < -0.39 is 5.60 Å². The molecule has 0 aliphatic carbocycles. The van der Waals surface area contributed by atoms with Crippen molar-refractivity contribution in [3.05, 3.63) is 53.8 Å². The molecule has 2 aliphatic rings. The molecule has 0 aromatic heterocycles. The maximum atomic E-state index is 13.9. The van der Waals surface area contributed by atoms with E-state index in [0.717, 1.165) is 5.56 Å². The maximum absolute atomic E-state index is 13.9. The minimum Gasteiger partial charge on any atom is -0.493 e. The Hall–Kier alpha value is -3.40. The number of nitrogens with zero attached hydrogens (tertiary/aromatic N) is 2. The van der Waals surface area contributed by atoms with Crippen LogP contribution in [0.5, 0.6) is 11.5 Å². The molecule has 0 saturated carbocycles. The van der Waals surface area contributed by atoms with Gasteiger partial charge >= 0.3 is 0 Å². The van der Waals surface area contributed by atoms with Crippen molar-refractivity contribution >= 4 is 34.6 Å². The van der Waals surface area contributed by atoms with Crippen LogP contribution in [-0.4, -0.2) is 54.5 Å². The number of para-hydroxylation sites is 1. The minimum absolute atomic E-state index is 0.258. The Balaban J connectivity index is 1.26. The fourth-order valence-corrected chi connectivity index (χ4v) is 4.35. The topological polar surface area (TPSA) is 84.4 Å². The maximum Gasteiger partial charge on any atom is 0.269 e. The van der Waals surface area contributed by atoms with Gasteiger partial charge in [-0.2, -0.15) is 0 Å². The average molecular weight is 487 g/mol. The zero-order valence-electron chi connectivity index (χ0n) is 19.1. The number of halogens is 1. The smallest absolute Gasteiger partial charge is 0.269 e. The number of benzene rings is 2. The number of anilines is 1. The summed E-state index contributed by atoms with van der Waals surface area (Å²) in [6.45, 7) is 1.57. The van der Waals surface area contributed by atoms with Gasteiger partial charge in [-0.15, -0.1) is 0 Å². The second-order valence-corrected chi connectivity index (χ2v) is 8.64. The van der Waals surface area contributed by atoms with E-state index in [4.69, 9.17) is 26.5 Å². The fraction of sp³-hybridized carbons (Fsp3) is 0.375. The van der Waals surface area contributed by atoms with Gasteiger partial charge in [-0.05, 0) is 42.0 Å². The van der Waals surface area contributed by atoms with Crippen molar-refractivity contribution < 1.29 is 23.5 Å². The Labute approximate surface area is 203 Å². The van der Waals surface area contributed by atoms with Crippen molar-refractivity contribution in [3.63, 3.8) is 0 Å². The summed E-state index contributed by atoms with van der Waals surface area (Å²) in [5, 5.41) is 10.4. The normalized spacial score (nSPS) is 16.4. The molecule has 2 aliphatic heterocycles. The number of likely N-dealkylation sites (tertiary alicyclic amines) is 1. The van der Waals surface area contributed by atoms with Crippen molar-refractivity contribution in [2.45, 2.75) is 31.4 Å². The van der Waals surface area contributed by atoms with Gasteiger partial charge in [-0.25, -0.2) is 4.39 Å². The number of hydrogen-bond acceptors (Lipinski definition) is 6. The zero-order chi connectivity index (χ0) is 24.1. The highest BCUT2D eigenvalue weighted by Gasteiger charge is 2.44. The first kappa shape index (κ1) is 23.7. The van der Waals surface area contributed by atoms with E-state index in [2.05, 4.69) is 15.8 Å². The van der Waals surface area contributed by atoms with Crippen molar-refractivity contribution in [3.8, 4) is 11.5 Å². The number of carbonyl (C=O) groups excluding carboxylic acids is 1. The van der Waals surface area contributed by atoms with Crippen molar-refractivity contribution in [2.75, 3.05) is 32.6 Å². The Bertz CT molecular complexity index is 1100. The summed E-state index contributed by atoms with van der Waals surface area (Å²) in [6.07, 6.45) is 1.75. The predicted octanol–water partition coefficient (Wildman–Crippen LogP) is 3.47. The summed E-state index contributed by atoms with van der Waals surface area (Å²) in [4.78, 5) is 20.4. The van der Waals surface area contributed by atoms with E-state index in [-0.39, 0.29) is 11.7 Å². The quantitative estimate of drug-likeness (QED) is 0.605. The van der Waals surface area contributed by atoms with E-state index in [1.165, 1.54) is 6.07 Å². The largest absolute Gasteiger partial charge is 0.493 e. The first-order valence-corrected chi connectivity index (χ1v) is 11.4. The number of amides is 1. The van der Waals surface area contributed by atoms with E-state index in [9.17, 15) is 9.18 Å². The molecule has 0 bridgehead atoms. The molecule has 2 heterocycles. The van der Waals surface area contributed by atoms with Crippen LogP contribution >= 0.6 is 12.2 Å². The van der Waals surface area contributed by atoms with Gasteiger partial charge in [0, 0.05) is 38.9 Å². The number of carbonyl (C=O) groups is 1. The molecule has 10 heteroatoms. The first-order valence-electron chi connectivity index (χ1n) is 11.0. The lowest BCUT2D eigenvalue weighted by atomic mass is 9.87. The summed E-state index contributed by atoms with van der Waals surface area (Å²) in [6, 6.07) is 11.9. The summed E-state index contributed by atoms with van der Waals surface area (Å²) < 4.78 is 24.4. The Kier molecular flexibility index (Phi) is 7.16. The van der Waals surface area contributed by atoms with Gasteiger partial charge in [0.25, 0.3) is 5.91 Å². The van der Waals surface area contributed by atoms with Gasteiger partial charge in [0.1, 0.15) is 17.1 Å². The van der Waals surface area contributed by atoms with Gasteiger partial charge in [0.05, 0.1) is 19.9 Å². The molecule has 180 valence electrons. The summed E-state index contributed by atoms with van der Waals surface area (Å²) in [7, 11) is 3.14. The van der Waals surface area contributed by atoms with Crippen LogP contribution in [-0.2, 0) is 16.2 Å². The highest BCUT2D eigenvalue weighted by molar-refractivity contribution is 7.80. The standard InChI is InChI=1S/C24H27FN4O4S/c1-31-20-8-7-16(13-21(20)32-2)15-26-22(30)19-14-24(33-28-19)9-11-29(12-10-24)23(34)27-18-6-4-3-5-17(18)25/h3-8,13H,9-12,14-15H2,1-2H3,(H,26,30)(H,27,34). The molecular weight excluding hydrogens is 459 g/mol. The van der Waals surface area contributed by atoms with E-state index in [0.29, 0.717) is 66.9 Å². The lowest BCUT2D eigenvalue weighted by Gasteiger charge is -2.38. The number of thiocarbonyl (C=S) groups is 1. The minimum atomic E-state index is -0.514. The van der Waals surface area contributed by atoms with Crippen molar-refractivity contribution in [2.24, 2.45) is 5.16 Å². The summed E-state index contributed by atoms with van der Waals surface area (Å²) in [5.74, 6) is 0.618. The number of ether oxygens (including phenoxy) is 2. The molecule has 34 heavy (non-hydrogen) atoms. The van der Waals surface area contributed by atoms with Crippen LogP contribution in [0.1, 0.15) is 24.8 Å². The third kappa shape index (κ3) is 5.22. The second-order valence-electron chi connectivity index (χ2n) is 8.26. The molecule has 1 amide bonds. The number of nitrogens with one attached hydrogen (secondary N) is 2. The Morgan fingerprint density at radius 2 is 1.91 bits per heavy atom. The number of hydrogen-bond donors (Lipinski definition) is 2. The molecule has 2 aromatic rings. The lowest BCUT2D eigenvalue weighted by molar-refractivity contribution is -0.115. The monoisotopic (exact) mass is 486 g/mol. The molecule has 0 radical (unpaired) electrons. The fourth-order valence-electron chi connectivity index (χ4n) is 4.06. The van der Waals surface area contributed by atoms with Crippen LogP contribution in [0.2, 0.25) is 0 Å². The molecule has 2 N–H and O–H groups in total. The van der Waals surface area contributed by atoms with Gasteiger partial charge < -0.3 is 29.8 Å². The first-order chi connectivity index (χ1) is 16.4. The SMILES string of the molecule is COc1ccc(CNC(=O)C2=NOC3(CCN(C(=S)Nc4ccccc4F)CC3)C2)cc1OC. The van der Waals surface area contributed by atoms with Gasteiger partial charge in [0.15, 0.2) is 16.6 Å². The molecular formula is C24H27FN4O4S. The van der Waals surface area contributed by atoms with Gasteiger partial charge in [-0.1, -0.05) is 23.4 Å².